The lowest BCUT2D eigenvalue weighted by Crippen LogP contribution is -2.14. The van der Waals surface area contributed by atoms with Crippen molar-refractivity contribution in [3.63, 3.8) is 0 Å². The Balaban J connectivity index is 0.909. The molecule has 0 bridgehead atoms. The van der Waals surface area contributed by atoms with Crippen molar-refractivity contribution in [3.8, 4) is 29.4 Å². The first-order chi connectivity index (χ1) is 30.8. The molecule has 1 aromatic heterocycles. The highest BCUT2D eigenvalue weighted by Crippen LogP contribution is 2.37. The Morgan fingerprint density at radius 3 is 1.84 bits per heavy atom. The molecule has 0 aliphatic rings. The molecule has 7 aromatic carbocycles. The minimum Gasteiger partial charge on any atom is -0.497 e. The van der Waals surface area contributed by atoms with Gasteiger partial charge < -0.3 is 9.47 Å². The molecular formula is C50H33ClN2O8S3. The Bertz CT molecular complexity index is 3510. The number of halogens is 1. The van der Waals surface area contributed by atoms with E-state index in [0.29, 0.717) is 44.3 Å². The fraction of sp³-hybridized carbons (Fsp3) is 0.0400. The van der Waals surface area contributed by atoms with Gasteiger partial charge in [0.1, 0.15) is 9.96 Å². The third-order valence-electron chi connectivity index (χ3n) is 9.88. The summed E-state index contributed by atoms with van der Waals surface area (Å²) in [7, 11) is -6.48. The number of para-hydroxylation sites is 1. The molecule has 8 aromatic rings. The molecular weight excluding hydrogens is 888 g/mol. The van der Waals surface area contributed by atoms with Crippen molar-refractivity contribution >= 4 is 87.2 Å². The number of fused-ring (bicyclic) bond motifs is 2. The van der Waals surface area contributed by atoms with Crippen molar-refractivity contribution < 1.29 is 35.9 Å². The van der Waals surface area contributed by atoms with E-state index < -0.39 is 32.0 Å². The van der Waals surface area contributed by atoms with E-state index in [4.69, 9.17) is 21.1 Å². The Kier molecular flexibility index (Phi) is 12.3. The van der Waals surface area contributed by atoms with E-state index in [1.54, 1.807) is 104 Å². The van der Waals surface area contributed by atoms with Crippen LogP contribution < -0.4 is 14.2 Å². The predicted octanol–water partition coefficient (Wildman–Crippen LogP) is 10.4. The largest absolute Gasteiger partial charge is 0.497 e. The van der Waals surface area contributed by atoms with Gasteiger partial charge in [0, 0.05) is 38.0 Å². The van der Waals surface area contributed by atoms with Gasteiger partial charge in [0.05, 0.1) is 34.5 Å². The summed E-state index contributed by atoms with van der Waals surface area (Å²) in [4.78, 5) is 26.0. The molecule has 316 valence electrons. The number of carbonyl (C=O) groups is 2. The van der Waals surface area contributed by atoms with Crippen LogP contribution in [0.25, 0.3) is 20.9 Å². The van der Waals surface area contributed by atoms with Crippen LogP contribution in [-0.4, -0.2) is 35.9 Å². The number of thiophene rings is 1. The Hall–Kier alpha value is -7.39. The molecule has 64 heavy (non-hydrogen) atoms. The molecule has 0 radical (unpaired) electrons. The number of sulfonamides is 2. The summed E-state index contributed by atoms with van der Waals surface area (Å²) in [6, 6.07) is 41.4. The fourth-order valence-corrected chi connectivity index (χ4v) is 10.6. The Morgan fingerprint density at radius 1 is 0.594 bits per heavy atom. The maximum Gasteiger partial charge on any atom is 0.346 e. The minimum absolute atomic E-state index is 0.0889. The van der Waals surface area contributed by atoms with Gasteiger partial charge in [0.25, 0.3) is 20.0 Å². The van der Waals surface area contributed by atoms with E-state index in [1.807, 2.05) is 24.3 Å². The average Bonchev–Trinajstić information content (AvgIpc) is 3.63. The lowest BCUT2D eigenvalue weighted by molar-refractivity contribution is 0.0397. The normalized spacial score (nSPS) is 11.2. The lowest BCUT2D eigenvalue weighted by atomic mass is 10.1. The van der Waals surface area contributed by atoms with E-state index in [-0.39, 0.29) is 25.9 Å². The summed E-state index contributed by atoms with van der Waals surface area (Å²) in [6.45, 7) is 1.74. The van der Waals surface area contributed by atoms with Crippen LogP contribution in [0.5, 0.6) is 5.75 Å². The predicted molar refractivity (Wildman–Crippen MR) is 251 cm³/mol. The van der Waals surface area contributed by atoms with Crippen LogP contribution in [0.3, 0.4) is 0 Å². The van der Waals surface area contributed by atoms with Crippen molar-refractivity contribution in [3.05, 3.63) is 196 Å². The molecule has 0 spiro atoms. The molecule has 1 heterocycles. The second-order valence-electron chi connectivity index (χ2n) is 14.2. The van der Waals surface area contributed by atoms with Gasteiger partial charge in [-0.1, -0.05) is 77.7 Å². The molecule has 0 atom stereocenters. The molecule has 14 heteroatoms. The molecule has 0 fully saturated rings. The summed E-state index contributed by atoms with van der Waals surface area (Å²) in [6.07, 6.45) is 0. The number of ether oxygens (including phenoxy) is 2. The summed E-state index contributed by atoms with van der Waals surface area (Å²) < 4.78 is 70.7. The number of esters is 2. The smallest absolute Gasteiger partial charge is 0.346 e. The van der Waals surface area contributed by atoms with E-state index in [1.165, 1.54) is 37.4 Å². The van der Waals surface area contributed by atoms with E-state index >= 15 is 0 Å². The standard InChI is InChI=1S/C50H33ClN2O8S3/c1-32-44-30-41(51)25-28-47(44)62-50(32)64(58,59)52-45-10-6-5-8-36(45)17-11-33-13-19-38(20-14-33)48(54)61-49(55)39-21-15-34(16-22-39)12-18-37-23-26-42(60-2)31-46(37)53-63(56,57)43-27-24-35-7-3-4-9-40(35)29-43/h3-10,13-16,19-31,52-53H,1-2H3. The first-order valence-electron chi connectivity index (χ1n) is 19.3. The van der Waals surface area contributed by atoms with E-state index in [0.717, 1.165) is 32.2 Å². The van der Waals surface area contributed by atoms with Gasteiger partial charge >= 0.3 is 11.9 Å². The zero-order chi connectivity index (χ0) is 45.0. The number of anilines is 2. The van der Waals surface area contributed by atoms with Crippen molar-refractivity contribution in [2.75, 3.05) is 16.6 Å². The lowest BCUT2D eigenvalue weighted by Gasteiger charge is -2.12. The number of carbonyl (C=O) groups excluding carboxylic acids is 2. The molecule has 8 rings (SSSR count). The number of aryl methyl sites for hydroxylation is 1. The maximum atomic E-state index is 13.5. The molecule has 0 unspecified atom stereocenters. The highest BCUT2D eigenvalue weighted by Gasteiger charge is 2.23. The van der Waals surface area contributed by atoms with E-state index in [9.17, 15) is 26.4 Å². The minimum atomic E-state index is -3.99. The van der Waals surface area contributed by atoms with Crippen LogP contribution >= 0.6 is 22.9 Å². The van der Waals surface area contributed by atoms with Crippen LogP contribution in [0.4, 0.5) is 11.4 Å². The van der Waals surface area contributed by atoms with Gasteiger partial charge in [-0.05, 0) is 132 Å². The van der Waals surface area contributed by atoms with Crippen LogP contribution in [-0.2, 0) is 24.8 Å². The van der Waals surface area contributed by atoms with Gasteiger partial charge in [-0.3, -0.25) is 9.44 Å². The average molecular weight is 921 g/mol. The molecule has 0 saturated heterocycles. The van der Waals surface area contributed by atoms with Crippen LogP contribution in [0.15, 0.2) is 161 Å². The number of nitrogens with one attached hydrogen (secondary N) is 2. The number of hydrogen-bond donors (Lipinski definition) is 2. The SMILES string of the molecule is COc1ccc(C#Cc2ccc(C(=O)OC(=O)c3ccc(C#Cc4ccccc4NS(=O)(=O)c4sc5ccc(Cl)cc5c4C)cc3)cc2)c(NS(=O)(=O)c2ccc3ccccc3c2)c1. The molecule has 0 aliphatic heterocycles. The van der Waals surface area contributed by atoms with Crippen molar-refractivity contribution in [2.24, 2.45) is 0 Å². The van der Waals surface area contributed by atoms with Gasteiger partial charge in [0.15, 0.2) is 0 Å². The van der Waals surface area contributed by atoms with Crippen molar-refractivity contribution in [2.45, 2.75) is 16.0 Å². The number of methoxy groups -OCH3 is 1. The third-order valence-corrected chi connectivity index (χ3v) is 14.7. The second-order valence-corrected chi connectivity index (χ2v) is 19.2. The van der Waals surface area contributed by atoms with Crippen molar-refractivity contribution in [1.82, 2.24) is 0 Å². The van der Waals surface area contributed by atoms with Gasteiger partial charge in [-0.15, -0.1) is 11.3 Å². The molecule has 10 nitrogen and oxygen atoms in total. The summed E-state index contributed by atoms with van der Waals surface area (Å²) in [5.41, 5.74) is 3.19. The van der Waals surface area contributed by atoms with Crippen LogP contribution in [0.2, 0.25) is 5.02 Å². The van der Waals surface area contributed by atoms with E-state index in [2.05, 4.69) is 33.1 Å². The third kappa shape index (κ3) is 9.64. The summed E-state index contributed by atoms with van der Waals surface area (Å²) >= 11 is 7.31. The van der Waals surface area contributed by atoms with Gasteiger partial charge in [-0.25, -0.2) is 26.4 Å². The highest BCUT2D eigenvalue weighted by molar-refractivity contribution is 7.95. The second kappa shape index (κ2) is 18.1. The van der Waals surface area contributed by atoms with Crippen molar-refractivity contribution in [1.29, 1.82) is 0 Å². The maximum absolute atomic E-state index is 13.5. The number of hydrogen-bond acceptors (Lipinski definition) is 9. The zero-order valence-electron chi connectivity index (χ0n) is 33.8. The number of rotatable bonds is 9. The highest BCUT2D eigenvalue weighted by atomic mass is 35.5. The summed E-state index contributed by atoms with van der Waals surface area (Å²) in [5, 5.41) is 2.98. The summed E-state index contributed by atoms with van der Waals surface area (Å²) in [5.74, 6) is 10.7. The Morgan fingerprint density at radius 2 is 1.19 bits per heavy atom. The zero-order valence-corrected chi connectivity index (χ0v) is 37.0. The molecule has 0 aliphatic carbocycles. The first kappa shape index (κ1) is 43.3. The van der Waals surface area contributed by atoms with Crippen LogP contribution in [0.1, 0.15) is 48.5 Å². The monoisotopic (exact) mass is 920 g/mol. The van der Waals surface area contributed by atoms with Gasteiger partial charge in [-0.2, -0.15) is 0 Å². The molecule has 2 N–H and O–H groups in total. The topological polar surface area (TPSA) is 145 Å². The van der Waals surface area contributed by atoms with Gasteiger partial charge in [0.2, 0.25) is 0 Å². The quantitative estimate of drug-likeness (QED) is 0.0827. The fourth-order valence-electron chi connectivity index (χ4n) is 6.54. The molecule has 0 amide bonds. The number of benzene rings is 7. The van der Waals surface area contributed by atoms with Crippen LogP contribution in [0, 0.1) is 30.6 Å². The molecule has 0 saturated carbocycles. The first-order valence-corrected chi connectivity index (χ1v) is 23.4. The Labute approximate surface area is 378 Å².